The number of amides is 1. The van der Waals surface area contributed by atoms with Crippen molar-refractivity contribution in [1.29, 1.82) is 0 Å². The Kier molecular flexibility index (Phi) is 4.85. The van der Waals surface area contributed by atoms with Crippen LogP contribution in [0.4, 0.5) is 0 Å². The van der Waals surface area contributed by atoms with Crippen LogP contribution < -0.4 is 5.73 Å². The highest BCUT2D eigenvalue weighted by Gasteiger charge is 2.31. The van der Waals surface area contributed by atoms with E-state index in [1.807, 2.05) is 20.8 Å². The van der Waals surface area contributed by atoms with Crippen LogP contribution in [0.1, 0.15) is 27.2 Å². The van der Waals surface area contributed by atoms with E-state index in [0.29, 0.717) is 13.1 Å². The molecule has 1 amide bonds. The summed E-state index contributed by atoms with van der Waals surface area (Å²) in [4.78, 5) is 13.7. The molecule has 0 bridgehead atoms. The van der Waals surface area contributed by atoms with Crippen LogP contribution >= 0.6 is 0 Å². The van der Waals surface area contributed by atoms with Crippen LogP contribution in [0.3, 0.4) is 0 Å². The van der Waals surface area contributed by atoms with E-state index in [4.69, 9.17) is 5.73 Å². The molecule has 0 aliphatic rings. The molecular formula is C11H22N2O. The molecule has 0 aliphatic heterocycles. The predicted molar refractivity (Wildman–Crippen MR) is 59.9 cm³/mol. The fraction of sp³-hybridized carbons (Fsp3) is 0.727. The number of hydrogen-bond acceptors (Lipinski definition) is 2. The van der Waals surface area contributed by atoms with Crippen molar-refractivity contribution in [2.24, 2.45) is 11.1 Å². The summed E-state index contributed by atoms with van der Waals surface area (Å²) in [5, 5.41) is 0. The minimum Gasteiger partial charge on any atom is -0.341 e. The Bertz CT molecular complexity index is 219. The molecule has 14 heavy (non-hydrogen) atoms. The molecule has 0 saturated carbocycles. The molecule has 0 aromatic heterocycles. The van der Waals surface area contributed by atoms with Crippen molar-refractivity contribution in [3.63, 3.8) is 0 Å². The second-order valence-corrected chi connectivity index (χ2v) is 4.24. The van der Waals surface area contributed by atoms with Gasteiger partial charge >= 0.3 is 0 Å². The highest BCUT2D eigenvalue weighted by molar-refractivity contribution is 5.82. The zero-order valence-corrected chi connectivity index (χ0v) is 9.76. The maximum Gasteiger partial charge on any atom is 0.229 e. The quantitative estimate of drug-likeness (QED) is 0.679. The molecular weight excluding hydrogens is 176 g/mol. The number of rotatable bonds is 5. The first-order valence-corrected chi connectivity index (χ1v) is 4.97. The third-order valence-electron chi connectivity index (χ3n) is 2.60. The smallest absolute Gasteiger partial charge is 0.229 e. The summed E-state index contributed by atoms with van der Waals surface area (Å²) in [7, 11) is 1.79. The lowest BCUT2D eigenvalue weighted by Crippen LogP contribution is -2.44. The standard InChI is InChI=1S/C11H22N2O/c1-6-11(4,8-12)10(14)13(5)7-9(2)3/h2,6-8,12H2,1,3-5H3. The second-order valence-electron chi connectivity index (χ2n) is 4.24. The molecule has 1 unspecified atom stereocenters. The van der Waals surface area contributed by atoms with Gasteiger partial charge in [0, 0.05) is 20.1 Å². The van der Waals surface area contributed by atoms with E-state index in [9.17, 15) is 4.79 Å². The first kappa shape index (κ1) is 13.2. The molecule has 2 N–H and O–H groups in total. The average molecular weight is 198 g/mol. The van der Waals surface area contributed by atoms with Gasteiger partial charge in [0.2, 0.25) is 5.91 Å². The number of likely N-dealkylation sites (N-methyl/N-ethyl adjacent to an activating group) is 1. The largest absolute Gasteiger partial charge is 0.341 e. The van der Waals surface area contributed by atoms with Crippen molar-refractivity contribution in [2.45, 2.75) is 27.2 Å². The van der Waals surface area contributed by atoms with Crippen LogP contribution in [0.25, 0.3) is 0 Å². The molecule has 1 atom stereocenters. The third kappa shape index (κ3) is 3.14. The van der Waals surface area contributed by atoms with Gasteiger partial charge in [0.1, 0.15) is 0 Å². The van der Waals surface area contributed by atoms with Crippen molar-refractivity contribution in [3.05, 3.63) is 12.2 Å². The van der Waals surface area contributed by atoms with Crippen LogP contribution in [-0.2, 0) is 4.79 Å². The number of hydrogen-bond donors (Lipinski definition) is 1. The maximum absolute atomic E-state index is 12.0. The van der Waals surface area contributed by atoms with Crippen LogP contribution in [-0.4, -0.2) is 30.9 Å². The topological polar surface area (TPSA) is 46.3 Å². The maximum atomic E-state index is 12.0. The Morgan fingerprint density at radius 1 is 1.57 bits per heavy atom. The van der Waals surface area contributed by atoms with Crippen LogP contribution in [0.15, 0.2) is 12.2 Å². The van der Waals surface area contributed by atoms with Crippen LogP contribution in [0.2, 0.25) is 0 Å². The van der Waals surface area contributed by atoms with E-state index in [0.717, 1.165) is 12.0 Å². The lowest BCUT2D eigenvalue weighted by molar-refractivity contribution is -0.139. The first-order chi connectivity index (χ1) is 6.37. The SMILES string of the molecule is C=C(C)CN(C)C(=O)C(C)(CC)CN. The summed E-state index contributed by atoms with van der Waals surface area (Å²) in [6.07, 6.45) is 0.767. The Morgan fingerprint density at radius 3 is 2.36 bits per heavy atom. The van der Waals surface area contributed by atoms with Gasteiger partial charge in [0.25, 0.3) is 0 Å². The van der Waals surface area contributed by atoms with Gasteiger partial charge in [-0.3, -0.25) is 4.79 Å². The first-order valence-electron chi connectivity index (χ1n) is 4.97. The van der Waals surface area contributed by atoms with Crippen molar-refractivity contribution < 1.29 is 4.79 Å². The van der Waals surface area contributed by atoms with E-state index >= 15 is 0 Å². The zero-order valence-electron chi connectivity index (χ0n) is 9.76. The number of carbonyl (C=O) groups excluding carboxylic acids is 1. The highest BCUT2D eigenvalue weighted by atomic mass is 16.2. The summed E-state index contributed by atoms with van der Waals surface area (Å²) >= 11 is 0. The molecule has 0 radical (unpaired) electrons. The van der Waals surface area contributed by atoms with Crippen LogP contribution in [0.5, 0.6) is 0 Å². The molecule has 3 nitrogen and oxygen atoms in total. The van der Waals surface area contributed by atoms with Crippen molar-refractivity contribution in [3.8, 4) is 0 Å². The van der Waals surface area contributed by atoms with Crippen molar-refractivity contribution in [2.75, 3.05) is 20.1 Å². The molecule has 82 valence electrons. The number of nitrogens with two attached hydrogens (primary N) is 1. The monoisotopic (exact) mass is 198 g/mol. The molecule has 0 aromatic rings. The summed E-state index contributed by atoms with van der Waals surface area (Å²) in [5.41, 5.74) is 6.17. The van der Waals surface area contributed by atoms with E-state index in [1.54, 1.807) is 11.9 Å². The number of carbonyl (C=O) groups is 1. The second kappa shape index (κ2) is 5.15. The van der Waals surface area contributed by atoms with Crippen molar-refractivity contribution in [1.82, 2.24) is 4.90 Å². The predicted octanol–water partition coefficient (Wildman–Crippen LogP) is 1.40. The summed E-state index contributed by atoms with van der Waals surface area (Å²) in [5.74, 6) is 0.102. The highest BCUT2D eigenvalue weighted by Crippen LogP contribution is 2.22. The molecule has 0 aliphatic carbocycles. The van der Waals surface area contributed by atoms with E-state index < -0.39 is 5.41 Å². The summed E-state index contributed by atoms with van der Waals surface area (Å²) in [6, 6.07) is 0. The lowest BCUT2D eigenvalue weighted by Gasteiger charge is -2.30. The minimum absolute atomic E-state index is 0.102. The fourth-order valence-electron chi connectivity index (χ4n) is 1.32. The normalized spacial score (nSPS) is 14.6. The van der Waals surface area contributed by atoms with Gasteiger partial charge in [0.05, 0.1) is 5.41 Å². The van der Waals surface area contributed by atoms with Crippen LogP contribution in [0, 0.1) is 5.41 Å². The van der Waals surface area contributed by atoms with Gasteiger partial charge < -0.3 is 10.6 Å². The summed E-state index contributed by atoms with van der Waals surface area (Å²) in [6.45, 7) is 10.6. The number of nitrogens with zero attached hydrogens (tertiary/aromatic N) is 1. The van der Waals surface area contributed by atoms with Gasteiger partial charge in [-0.05, 0) is 20.3 Å². The van der Waals surface area contributed by atoms with E-state index in [2.05, 4.69) is 6.58 Å². The van der Waals surface area contributed by atoms with Gasteiger partial charge in [-0.2, -0.15) is 0 Å². The molecule has 0 fully saturated rings. The zero-order chi connectivity index (χ0) is 11.4. The summed E-state index contributed by atoms with van der Waals surface area (Å²) < 4.78 is 0. The Hall–Kier alpha value is -0.830. The Morgan fingerprint density at radius 2 is 2.07 bits per heavy atom. The molecule has 0 spiro atoms. The molecule has 0 saturated heterocycles. The van der Waals surface area contributed by atoms with Gasteiger partial charge in [0.15, 0.2) is 0 Å². The average Bonchev–Trinajstić information content (AvgIpc) is 2.14. The van der Waals surface area contributed by atoms with Gasteiger partial charge in [-0.15, -0.1) is 0 Å². The third-order valence-corrected chi connectivity index (χ3v) is 2.60. The molecule has 0 aromatic carbocycles. The van der Waals surface area contributed by atoms with Crippen molar-refractivity contribution >= 4 is 5.91 Å². The van der Waals surface area contributed by atoms with E-state index in [-0.39, 0.29) is 5.91 Å². The van der Waals surface area contributed by atoms with Gasteiger partial charge in [-0.25, -0.2) is 0 Å². The molecule has 0 rings (SSSR count). The van der Waals surface area contributed by atoms with E-state index in [1.165, 1.54) is 0 Å². The molecule has 3 heteroatoms. The lowest BCUT2D eigenvalue weighted by atomic mass is 9.86. The minimum atomic E-state index is -0.426. The Labute approximate surface area is 87.0 Å². The fourth-order valence-corrected chi connectivity index (χ4v) is 1.32. The van der Waals surface area contributed by atoms with Gasteiger partial charge in [-0.1, -0.05) is 19.1 Å². The Balaban J connectivity index is 4.50. The molecule has 0 heterocycles.